The molecule has 8 heteroatoms. The van der Waals surface area contributed by atoms with Gasteiger partial charge in [0.05, 0.1) is 29.4 Å². The summed E-state index contributed by atoms with van der Waals surface area (Å²) in [6.45, 7) is 5.79. The average molecular weight is 310 g/mol. The van der Waals surface area contributed by atoms with E-state index in [0.29, 0.717) is 16.7 Å². The van der Waals surface area contributed by atoms with Gasteiger partial charge in [-0.05, 0) is 26.3 Å². The largest absolute Gasteiger partial charge is 0.268 e. The van der Waals surface area contributed by atoms with E-state index < -0.39 is 15.9 Å². The summed E-state index contributed by atoms with van der Waals surface area (Å²) < 4.78 is 26.2. The molecule has 2 heterocycles. The zero-order chi connectivity index (χ0) is 15.8. The molecule has 0 aliphatic heterocycles. The number of aromatic nitrogens is 3. The summed E-state index contributed by atoms with van der Waals surface area (Å²) in [5.74, 6) is -0.670. The van der Waals surface area contributed by atoms with E-state index in [4.69, 9.17) is 0 Å². The SMILES string of the molecule is CC[C@H](C)n1ncc2c(C(=O)NS(C)(=O)=O)cc(C)nc21. The van der Waals surface area contributed by atoms with Gasteiger partial charge in [-0.2, -0.15) is 5.10 Å². The number of fused-ring (bicyclic) bond motifs is 1. The molecular weight excluding hydrogens is 292 g/mol. The quantitative estimate of drug-likeness (QED) is 0.921. The fourth-order valence-electron chi connectivity index (χ4n) is 2.05. The van der Waals surface area contributed by atoms with Crippen molar-refractivity contribution < 1.29 is 13.2 Å². The van der Waals surface area contributed by atoms with Crippen LogP contribution in [-0.2, 0) is 10.0 Å². The van der Waals surface area contributed by atoms with Crippen LogP contribution in [0.1, 0.15) is 42.4 Å². The molecule has 0 radical (unpaired) electrons. The summed E-state index contributed by atoms with van der Waals surface area (Å²) in [6, 6.07) is 1.70. The number of sulfonamides is 1. The highest BCUT2D eigenvalue weighted by atomic mass is 32.2. The molecule has 1 atom stereocenters. The second-order valence-electron chi connectivity index (χ2n) is 5.10. The van der Waals surface area contributed by atoms with Crippen molar-refractivity contribution >= 4 is 27.0 Å². The van der Waals surface area contributed by atoms with E-state index in [0.717, 1.165) is 12.7 Å². The molecular formula is C13H18N4O3S. The Morgan fingerprint density at radius 1 is 1.48 bits per heavy atom. The Bertz CT molecular complexity index is 795. The van der Waals surface area contributed by atoms with E-state index >= 15 is 0 Å². The van der Waals surface area contributed by atoms with Gasteiger partial charge in [0.15, 0.2) is 5.65 Å². The average Bonchev–Trinajstić information content (AvgIpc) is 2.78. The van der Waals surface area contributed by atoms with Crippen LogP contribution in [0, 0.1) is 6.92 Å². The lowest BCUT2D eigenvalue weighted by Gasteiger charge is -2.11. The van der Waals surface area contributed by atoms with Gasteiger partial charge in [0.1, 0.15) is 0 Å². The monoisotopic (exact) mass is 310 g/mol. The summed E-state index contributed by atoms with van der Waals surface area (Å²) in [6.07, 6.45) is 3.36. The molecule has 0 saturated carbocycles. The zero-order valence-corrected chi connectivity index (χ0v) is 13.2. The van der Waals surface area contributed by atoms with E-state index in [9.17, 15) is 13.2 Å². The van der Waals surface area contributed by atoms with Crippen LogP contribution in [0.5, 0.6) is 0 Å². The van der Waals surface area contributed by atoms with Crippen molar-refractivity contribution in [2.24, 2.45) is 0 Å². The van der Waals surface area contributed by atoms with Gasteiger partial charge >= 0.3 is 0 Å². The van der Waals surface area contributed by atoms with Crippen molar-refractivity contribution in [3.63, 3.8) is 0 Å². The smallest absolute Gasteiger partial charge is 0.265 e. The number of hydrogen-bond acceptors (Lipinski definition) is 5. The second-order valence-corrected chi connectivity index (χ2v) is 6.85. The fraction of sp³-hybridized carbons (Fsp3) is 0.462. The lowest BCUT2D eigenvalue weighted by atomic mass is 10.1. The minimum absolute atomic E-state index is 0.141. The number of amides is 1. The first-order valence-electron chi connectivity index (χ1n) is 6.60. The fourth-order valence-corrected chi connectivity index (χ4v) is 2.50. The summed E-state index contributed by atoms with van der Waals surface area (Å²) in [4.78, 5) is 16.5. The van der Waals surface area contributed by atoms with Crippen LogP contribution in [0.2, 0.25) is 0 Å². The minimum atomic E-state index is -3.61. The Kier molecular flexibility index (Phi) is 3.99. The standard InChI is InChI=1S/C13H18N4O3S/c1-5-9(3)17-12-11(7-14-17)10(6-8(2)15-12)13(18)16-21(4,19)20/h6-7,9H,5H2,1-4H3,(H,16,18)/t9-/m0/s1. The van der Waals surface area contributed by atoms with Gasteiger partial charge in [0, 0.05) is 5.69 Å². The maximum absolute atomic E-state index is 12.1. The first kappa shape index (κ1) is 15.4. The lowest BCUT2D eigenvalue weighted by Crippen LogP contribution is -2.29. The molecule has 0 unspecified atom stereocenters. The van der Waals surface area contributed by atoms with E-state index in [-0.39, 0.29) is 11.6 Å². The van der Waals surface area contributed by atoms with Gasteiger partial charge in [0.2, 0.25) is 10.0 Å². The Hall–Kier alpha value is -1.96. The Morgan fingerprint density at radius 2 is 2.14 bits per heavy atom. The van der Waals surface area contributed by atoms with Crippen molar-refractivity contribution in [1.29, 1.82) is 0 Å². The molecule has 21 heavy (non-hydrogen) atoms. The topological polar surface area (TPSA) is 94.0 Å². The van der Waals surface area contributed by atoms with Gasteiger partial charge < -0.3 is 0 Å². The third-order valence-electron chi connectivity index (χ3n) is 3.23. The van der Waals surface area contributed by atoms with Gasteiger partial charge in [-0.1, -0.05) is 6.92 Å². The predicted molar refractivity (Wildman–Crippen MR) is 79.6 cm³/mol. The molecule has 2 aromatic rings. The zero-order valence-electron chi connectivity index (χ0n) is 12.4. The molecule has 0 fully saturated rings. The molecule has 114 valence electrons. The van der Waals surface area contributed by atoms with Crippen LogP contribution >= 0.6 is 0 Å². The van der Waals surface area contributed by atoms with Crippen molar-refractivity contribution in [3.05, 3.63) is 23.5 Å². The highest BCUT2D eigenvalue weighted by Crippen LogP contribution is 2.22. The molecule has 1 amide bonds. The third kappa shape index (κ3) is 3.21. The van der Waals surface area contributed by atoms with Crippen molar-refractivity contribution in [3.8, 4) is 0 Å². The number of nitrogens with one attached hydrogen (secondary N) is 1. The molecule has 7 nitrogen and oxygen atoms in total. The maximum atomic E-state index is 12.1. The molecule has 2 aromatic heterocycles. The summed E-state index contributed by atoms with van der Waals surface area (Å²) in [5.41, 5.74) is 1.48. The van der Waals surface area contributed by atoms with E-state index in [1.54, 1.807) is 23.9 Å². The van der Waals surface area contributed by atoms with Gasteiger partial charge in [-0.25, -0.2) is 22.8 Å². The van der Waals surface area contributed by atoms with E-state index in [2.05, 4.69) is 10.1 Å². The van der Waals surface area contributed by atoms with Crippen LogP contribution < -0.4 is 4.72 Å². The summed E-state index contributed by atoms with van der Waals surface area (Å²) in [5, 5.41) is 4.81. The van der Waals surface area contributed by atoms with Gasteiger partial charge in [0.25, 0.3) is 5.91 Å². The molecule has 0 aromatic carbocycles. The first-order valence-corrected chi connectivity index (χ1v) is 8.49. The highest BCUT2D eigenvalue weighted by Gasteiger charge is 2.19. The Morgan fingerprint density at radius 3 is 2.71 bits per heavy atom. The molecule has 0 spiro atoms. The second kappa shape index (κ2) is 5.44. The van der Waals surface area contributed by atoms with Crippen LogP contribution in [0.3, 0.4) is 0 Å². The van der Waals surface area contributed by atoms with Crippen molar-refractivity contribution in [2.45, 2.75) is 33.2 Å². The Labute approximate surface area is 123 Å². The Balaban J connectivity index is 2.60. The van der Waals surface area contributed by atoms with Crippen LogP contribution in [0.25, 0.3) is 11.0 Å². The number of carbonyl (C=O) groups is 1. The molecule has 1 N–H and O–H groups in total. The van der Waals surface area contributed by atoms with Gasteiger partial charge in [-0.3, -0.25) is 4.79 Å². The predicted octanol–water partition coefficient (Wildman–Crippen LogP) is 1.40. The van der Waals surface area contributed by atoms with Crippen LogP contribution in [-0.4, -0.2) is 35.3 Å². The highest BCUT2D eigenvalue weighted by molar-refractivity contribution is 7.89. The molecule has 0 aliphatic rings. The van der Waals surface area contributed by atoms with Crippen molar-refractivity contribution in [1.82, 2.24) is 19.5 Å². The third-order valence-corrected chi connectivity index (χ3v) is 3.78. The normalized spacial score (nSPS) is 13.3. The molecule has 0 saturated heterocycles. The maximum Gasteiger partial charge on any atom is 0.265 e. The number of hydrogen-bond donors (Lipinski definition) is 1. The lowest BCUT2D eigenvalue weighted by molar-refractivity contribution is 0.0983. The first-order chi connectivity index (χ1) is 9.73. The van der Waals surface area contributed by atoms with Gasteiger partial charge in [-0.15, -0.1) is 0 Å². The number of nitrogens with zero attached hydrogens (tertiary/aromatic N) is 3. The van der Waals surface area contributed by atoms with E-state index in [1.165, 1.54) is 0 Å². The molecule has 2 rings (SSSR count). The molecule has 0 aliphatic carbocycles. The van der Waals surface area contributed by atoms with E-state index in [1.807, 2.05) is 18.6 Å². The number of rotatable bonds is 4. The minimum Gasteiger partial charge on any atom is -0.268 e. The van der Waals surface area contributed by atoms with Crippen LogP contribution in [0.15, 0.2) is 12.3 Å². The van der Waals surface area contributed by atoms with Crippen LogP contribution in [0.4, 0.5) is 0 Å². The number of aryl methyl sites for hydroxylation is 1. The summed E-state index contributed by atoms with van der Waals surface area (Å²) in [7, 11) is -3.61. The number of carbonyl (C=O) groups excluding carboxylic acids is 1. The molecule has 0 bridgehead atoms. The number of pyridine rings is 1. The summed E-state index contributed by atoms with van der Waals surface area (Å²) >= 11 is 0. The van der Waals surface area contributed by atoms with Crippen molar-refractivity contribution in [2.75, 3.05) is 6.26 Å².